The van der Waals surface area contributed by atoms with Crippen LogP contribution < -0.4 is 0 Å². The standard InChI is InChI=1S/C20H18F2N2O4S/c21-17-7-6-16(8-18(17)22)29(27,28)24-11-14-9-23(10-15(14)12-24)20(26)19(25)13-4-2-1-3-5-13/h1-8,19,25H,9-12H2/t19-/m1/s1. The van der Waals surface area contributed by atoms with E-state index in [1.807, 2.05) is 0 Å². The van der Waals surface area contributed by atoms with Crippen LogP contribution in [0.4, 0.5) is 8.78 Å². The Morgan fingerprint density at radius 2 is 1.55 bits per heavy atom. The first-order chi connectivity index (χ1) is 13.8. The molecule has 2 aromatic carbocycles. The molecule has 0 unspecified atom stereocenters. The largest absolute Gasteiger partial charge is 0.378 e. The number of hydrogen-bond acceptors (Lipinski definition) is 4. The van der Waals surface area contributed by atoms with Gasteiger partial charge in [0.1, 0.15) is 0 Å². The van der Waals surface area contributed by atoms with E-state index in [0.29, 0.717) is 11.6 Å². The first kappa shape index (κ1) is 19.7. The van der Waals surface area contributed by atoms with Gasteiger partial charge < -0.3 is 10.0 Å². The molecule has 0 spiro atoms. The SMILES string of the molecule is O=C([C@H](O)c1ccccc1)N1CC2=C(C1)CN(S(=O)(=O)c1ccc(F)c(F)c1)C2. The van der Waals surface area contributed by atoms with Crippen molar-refractivity contribution in [3.8, 4) is 0 Å². The molecule has 152 valence electrons. The zero-order valence-corrected chi connectivity index (χ0v) is 16.1. The highest BCUT2D eigenvalue weighted by molar-refractivity contribution is 7.89. The molecule has 0 saturated carbocycles. The van der Waals surface area contributed by atoms with Crippen LogP contribution in [-0.4, -0.2) is 54.8 Å². The molecule has 1 amide bonds. The fourth-order valence-corrected chi connectivity index (χ4v) is 5.05. The lowest BCUT2D eigenvalue weighted by Crippen LogP contribution is -2.38. The third-order valence-electron chi connectivity index (χ3n) is 5.19. The fourth-order valence-electron chi connectivity index (χ4n) is 3.61. The number of rotatable bonds is 4. The van der Waals surface area contributed by atoms with Crippen molar-refractivity contribution in [2.24, 2.45) is 0 Å². The molecule has 1 atom stereocenters. The van der Waals surface area contributed by atoms with Crippen LogP contribution in [0.3, 0.4) is 0 Å². The third-order valence-corrected chi connectivity index (χ3v) is 6.98. The maximum Gasteiger partial charge on any atom is 0.256 e. The molecule has 0 aromatic heterocycles. The average molecular weight is 420 g/mol. The Balaban J connectivity index is 1.44. The molecule has 1 N–H and O–H groups in total. The van der Waals surface area contributed by atoms with Crippen molar-refractivity contribution in [1.82, 2.24) is 9.21 Å². The van der Waals surface area contributed by atoms with E-state index >= 15 is 0 Å². The van der Waals surface area contributed by atoms with Crippen molar-refractivity contribution >= 4 is 15.9 Å². The maximum atomic E-state index is 13.4. The zero-order chi connectivity index (χ0) is 20.8. The summed E-state index contributed by atoms with van der Waals surface area (Å²) in [4.78, 5) is 13.8. The number of amides is 1. The van der Waals surface area contributed by atoms with Gasteiger partial charge in [-0.05, 0) is 34.9 Å². The van der Waals surface area contributed by atoms with Gasteiger partial charge in [0, 0.05) is 26.2 Å². The van der Waals surface area contributed by atoms with Gasteiger partial charge in [-0.15, -0.1) is 0 Å². The quantitative estimate of drug-likeness (QED) is 0.766. The van der Waals surface area contributed by atoms with E-state index in [4.69, 9.17) is 0 Å². The minimum atomic E-state index is -3.98. The lowest BCUT2D eigenvalue weighted by atomic mass is 10.1. The Bertz CT molecular complexity index is 1080. The van der Waals surface area contributed by atoms with Crippen molar-refractivity contribution in [3.05, 3.63) is 76.9 Å². The lowest BCUT2D eigenvalue weighted by molar-refractivity contribution is -0.139. The molecule has 0 saturated heterocycles. The van der Waals surface area contributed by atoms with E-state index < -0.39 is 33.7 Å². The summed E-state index contributed by atoms with van der Waals surface area (Å²) < 4.78 is 53.2. The highest BCUT2D eigenvalue weighted by Gasteiger charge is 2.39. The van der Waals surface area contributed by atoms with Gasteiger partial charge in [0.25, 0.3) is 5.91 Å². The third kappa shape index (κ3) is 3.57. The Labute approximate surface area is 166 Å². The second kappa shape index (κ2) is 7.33. The van der Waals surface area contributed by atoms with Crippen LogP contribution >= 0.6 is 0 Å². The van der Waals surface area contributed by atoms with Gasteiger partial charge in [-0.1, -0.05) is 30.3 Å². The Morgan fingerprint density at radius 1 is 0.931 bits per heavy atom. The van der Waals surface area contributed by atoms with Crippen LogP contribution in [0.5, 0.6) is 0 Å². The summed E-state index contributed by atoms with van der Waals surface area (Å²) in [5.41, 5.74) is 2.06. The molecular formula is C20H18F2N2O4S. The average Bonchev–Trinajstić information content (AvgIpc) is 3.29. The smallest absolute Gasteiger partial charge is 0.256 e. The number of aliphatic hydroxyl groups excluding tert-OH is 1. The summed E-state index contributed by atoms with van der Waals surface area (Å²) >= 11 is 0. The van der Waals surface area contributed by atoms with E-state index in [-0.39, 0.29) is 31.1 Å². The maximum absolute atomic E-state index is 13.4. The van der Waals surface area contributed by atoms with Crippen LogP contribution in [0.1, 0.15) is 11.7 Å². The van der Waals surface area contributed by atoms with Crippen LogP contribution in [0.2, 0.25) is 0 Å². The van der Waals surface area contributed by atoms with E-state index in [1.165, 1.54) is 9.21 Å². The number of aliphatic hydroxyl groups is 1. The molecule has 6 nitrogen and oxygen atoms in total. The lowest BCUT2D eigenvalue weighted by Gasteiger charge is -2.24. The molecule has 0 bridgehead atoms. The molecule has 29 heavy (non-hydrogen) atoms. The monoisotopic (exact) mass is 420 g/mol. The van der Waals surface area contributed by atoms with E-state index in [9.17, 15) is 27.1 Å². The minimum absolute atomic E-state index is 0.0713. The second-order valence-corrected chi connectivity index (χ2v) is 9.00. The van der Waals surface area contributed by atoms with Crippen LogP contribution in [-0.2, 0) is 14.8 Å². The second-order valence-electron chi connectivity index (χ2n) is 7.06. The predicted octanol–water partition coefficient (Wildman–Crippen LogP) is 1.84. The summed E-state index contributed by atoms with van der Waals surface area (Å²) in [5, 5.41) is 10.3. The van der Waals surface area contributed by atoms with E-state index in [1.54, 1.807) is 30.3 Å². The van der Waals surface area contributed by atoms with Crippen molar-refractivity contribution in [3.63, 3.8) is 0 Å². The van der Waals surface area contributed by atoms with Gasteiger partial charge in [-0.2, -0.15) is 4.31 Å². The van der Waals surface area contributed by atoms with Crippen LogP contribution in [0.15, 0.2) is 64.6 Å². The number of hydrogen-bond donors (Lipinski definition) is 1. The summed E-state index contributed by atoms with van der Waals surface area (Å²) in [6.45, 7) is 0.591. The molecule has 9 heteroatoms. The summed E-state index contributed by atoms with van der Waals surface area (Å²) in [6.07, 6.45) is -1.28. The van der Waals surface area contributed by atoms with Gasteiger partial charge in [0.05, 0.1) is 4.90 Å². The molecule has 2 aliphatic heterocycles. The normalized spacial score (nSPS) is 18.2. The molecule has 4 rings (SSSR count). The van der Waals surface area contributed by atoms with Gasteiger partial charge in [-0.25, -0.2) is 17.2 Å². The van der Waals surface area contributed by atoms with Crippen molar-refractivity contribution in [2.75, 3.05) is 26.2 Å². The first-order valence-corrected chi connectivity index (χ1v) is 10.4. The Kier molecular flexibility index (Phi) is 4.97. The first-order valence-electron chi connectivity index (χ1n) is 8.94. The number of nitrogens with zero attached hydrogens (tertiary/aromatic N) is 2. The van der Waals surface area contributed by atoms with Gasteiger partial charge in [0.2, 0.25) is 10.0 Å². The predicted molar refractivity (Wildman–Crippen MR) is 100 cm³/mol. The van der Waals surface area contributed by atoms with Crippen molar-refractivity contribution < 1.29 is 27.1 Å². The molecular weight excluding hydrogens is 402 g/mol. The summed E-state index contributed by atoms with van der Waals surface area (Å²) in [6, 6.07) is 11.1. The van der Waals surface area contributed by atoms with Crippen molar-refractivity contribution in [1.29, 1.82) is 0 Å². The number of carbonyl (C=O) groups excluding carboxylic acids is 1. The summed E-state index contributed by atoms with van der Waals surface area (Å²) in [5.74, 6) is -2.78. The number of carbonyl (C=O) groups is 1. The molecule has 0 aliphatic carbocycles. The number of halogens is 2. The molecule has 2 aromatic rings. The molecule has 0 fully saturated rings. The van der Waals surface area contributed by atoms with Crippen molar-refractivity contribution in [2.45, 2.75) is 11.0 Å². The van der Waals surface area contributed by atoms with Gasteiger partial charge in [0.15, 0.2) is 17.7 Å². The number of benzene rings is 2. The molecule has 2 aliphatic rings. The topological polar surface area (TPSA) is 77.9 Å². The fraction of sp³-hybridized carbons (Fsp3) is 0.250. The van der Waals surface area contributed by atoms with E-state index in [0.717, 1.165) is 23.3 Å². The van der Waals surface area contributed by atoms with Crippen LogP contribution in [0.25, 0.3) is 0 Å². The molecule has 0 radical (unpaired) electrons. The van der Waals surface area contributed by atoms with Gasteiger partial charge in [-0.3, -0.25) is 4.79 Å². The summed E-state index contributed by atoms with van der Waals surface area (Å²) in [7, 11) is -3.98. The highest BCUT2D eigenvalue weighted by Crippen LogP contribution is 2.31. The Morgan fingerprint density at radius 3 is 2.14 bits per heavy atom. The van der Waals surface area contributed by atoms with Crippen LogP contribution in [0, 0.1) is 11.6 Å². The highest BCUT2D eigenvalue weighted by atomic mass is 32.2. The molecule has 2 heterocycles. The Hall–Kier alpha value is -2.62. The zero-order valence-electron chi connectivity index (χ0n) is 15.3. The minimum Gasteiger partial charge on any atom is -0.378 e. The van der Waals surface area contributed by atoms with Gasteiger partial charge >= 0.3 is 0 Å². The number of sulfonamides is 1. The van der Waals surface area contributed by atoms with E-state index in [2.05, 4.69) is 0 Å².